The zero-order chi connectivity index (χ0) is 13.7. The van der Waals surface area contributed by atoms with E-state index in [4.69, 9.17) is 21.5 Å². The maximum Gasteiger partial charge on any atom is 0.128 e. The fourth-order valence-corrected chi connectivity index (χ4v) is 1.92. The Morgan fingerprint density at radius 2 is 2.05 bits per heavy atom. The first-order valence-corrected chi connectivity index (χ1v) is 6.23. The third-order valence-corrected chi connectivity index (χ3v) is 3.05. The van der Waals surface area contributed by atoms with Gasteiger partial charge in [0.1, 0.15) is 12.4 Å². The van der Waals surface area contributed by atoms with Gasteiger partial charge < -0.3 is 9.94 Å². The van der Waals surface area contributed by atoms with E-state index in [-0.39, 0.29) is 0 Å². The number of benzene rings is 2. The molecule has 0 radical (unpaired) electrons. The molecule has 2 aromatic rings. The maximum absolute atomic E-state index is 8.64. The number of hydrogen-bond donors (Lipinski definition) is 1. The van der Waals surface area contributed by atoms with Gasteiger partial charge in [0, 0.05) is 10.6 Å². The van der Waals surface area contributed by atoms with E-state index in [1.165, 1.54) is 11.8 Å². The number of aryl methyl sites for hydroxylation is 1. The summed E-state index contributed by atoms with van der Waals surface area (Å²) in [7, 11) is 0. The van der Waals surface area contributed by atoms with E-state index in [0.717, 1.165) is 5.56 Å². The van der Waals surface area contributed by atoms with E-state index in [9.17, 15) is 0 Å². The first-order chi connectivity index (χ1) is 9.20. The molecule has 0 fully saturated rings. The van der Waals surface area contributed by atoms with Crippen LogP contribution in [0.3, 0.4) is 0 Å². The molecule has 0 saturated carbocycles. The summed E-state index contributed by atoms with van der Waals surface area (Å²) < 4.78 is 5.75. The molecule has 2 aromatic carbocycles. The van der Waals surface area contributed by atoms with Crippen molar-refractivity contribution < 1.29 is 9.94 Å². The van der Waals surface area contributed by atoms with Crippen LogP contribution in [0.25, 0.3) is 0 Å². The Kier molecular flexibility index (Phi) is 4.42. The van der Waals surface area contributed by atoms with Crippen molar-refractivity contribution in [3.05, 3.63) is 64.2 Å². The van der Waals surface area contributed by atoms with Crippen molar-refractivity contribution in [2.75, 3.05) is 0 Å². The molecular formula is C15H14ClNO2. The van der Waals surface area contributed by atoms with Crippen LogP contribution in [0.5, 0.6) is 5.75 Å². The highest BCUT2D eigenvalue weighted by Crippen LogP contribution is 2.23. The Bertz CT molecular complexity index is 596. The number of rotatable bonds is 4. The van der Waals surface area contributed by atoms with Crippen molar-refractivity contribution in [2.45, 2.75) is 13.5 Å². The van der Waals surface area contributed by atoms with Gasteiger partial charge in [-0.2, -0.15) is 0 Å². The summed E-state index contributed by atoms with van der Waals surface area (Å²) in [5, 5.41) is 12.2. The van der Waals surface area contributed by atoms with Gasteiger partial charge in [-0.25, -0.2) is 0 Å². The lowest BCUT2D eigenvalue weighted by Gasteiger charge is -2.10. The standard InChI is InChI=1S/C15H14ClNO2/c1-11-4-2-3-5-12(11)10-19-15-7-6-14(16)8-13(15)9-17-18/h2-9,18H,10H2,1H3/b17-9+. The molecule has 0 amide bonds. The van der Waals surface area contributed by atoms with Gasteiger partial charge in [-0.15, -0.1) is 0 Å². The molecule has 0 unspecified atom stereocenters. The Hall–Kier alpha value is -2.00. The van der Waals surface area contributed by atoms with Crippen molar-refractivity contribution in [1.82, 2.24) is 0 Å². The second-order valence-electron chi connectivity index (χ2n) is 4.14. The van der Waals surface area contributed by atoms with Crippen LogP contribution in [-0.2, 0) is 6.61 Å². The summed E-state index contributed by atoms with van der Waals surface area (Å²) in [5.41, 5.74) is 2.93. The normalized spacial score (nSPS) is 10.8. The highest BCUT2D eigenvalue weighted by molar-refractivity contribution is 6.30. The summed E-state index contributed by atoms with van der Waals surface area (Å²) in [6.45, 7) is 2.50. The molecule has 0 atom stereocenters. The Morgan fingerprint density at radius 3 is 2.79 bits per heavy atom. The quantitative estimate of drug-likeness (QED) is 0.520. The fraction of sp³-hybridized carbons (Fsp3) is 0.133. The molecule has 1 N–H and O–H groups in total. The minimum absolute atomic E-state index is 0.459. The van der Waals surface area contributed by atoms with E-state index in [2.05, 4.69) is 5.16 Å². The van der Waals surface area contributed by atoms with E-state index >= 15 is 0 Å². The minimum Gasteiger partial charge on any atom is -0.488 e. The van der Waals surface area contributed by atoms with Gasteiger partial charge in [-0.05, 0) is 36.2 Å². The molecule has 0 aliphatic heterocycles. The lowest BCUT2D eigenvalue weighted by molar-refractivity contribution is 0.303. The second kappa shape index (κ2) is 6.25. The summed E-state index contributed by atoms with van der Waals surface area (Å²) in [4.78, 5) is 0. The van der Waals surface area contributed by atoms with Crippen LogP contribution in [0.1, 0.15) is 16.7 Å². The van der Waals surface area contributed by atoms with Crippen LogP contribution in [0.2, 0.25) is 5.02 Å². The average molecular weight is 276 g/mol. The molecule has 19 heavy (non-hydrogen) atoms. The van der Waals surface area contributed by atoms with E-state index in [1.54, 1.807) is 18.2 Å². The van der Waals surface area contributed by atoms with Crippen LogP contribution < -0.4 is 4.74 Å². The van der Waals surface area contributed by atoms with Crippen LogP contribution in [0.4, 0.5) is 0 Å². The predicted molar refractivity (Wildman–Crippen MR) is 76.3 cm³/mol. The van der Waals surface area contributed by atoms with Gasteiger partial charge >= 0.3 is 0 Å². The molecule has 0 saturated heterocycles. The summed E-state index contributed by atoms with van der Waals surface area (Å²) in [6.07, 6.45) is 1.30. The Morgan fingerprint density at radius 1 is 1.26 bits per heavy atom. The minimum atomic E-state index is 0.459. The largest absolute Gasteiger partial charge is 0.488 e. The van der Waals surface area contributed by atoms with Crippen LogP contribution in [0, 0.1) is 6.92 Å². The van der Waals surface area contributed by atoms with E-state index in [1.807, 2.05) is 31.2 Å². The van der Waals surface area contributed by atoms with Gasteiger partial charge in [-0.3, -0.25) is 0 Å². The highest BCUT2D eigenvalue weighted by Gasteiger charge is 2.04. The van der Waals surface area contributed by atoms with Crippen molar-refractivity contribution in [3.63, 3.8) is 0 Å². The molecule has 98 valence electrons. The number of oxime groups is 1. The van der Waals surface area contributed by atoms with Crippen molar-refractivity contribution >= 4 is 17.8 Å². The zero-order valence-electron chi connectivity index (χ0n) is 10.5. The molecule has 0 spiro atoms. The maximum atomic E-state index is 8.64. The van der Waals surface area contributed by atoms with Gasteiger partial charge in [-0.1, -0.05) is 41.0 Å². The lowest BCUT2D eigenvalue weighted by atomic mass is 10.1. The predicted octanol–water partition coefficient (Wildman–Crippen LogP) is 4.04. The molecule has 0 aromatic heterocycles. The molecule has 2 rings (SSSR count). The van der Waals surface area contributed by atoms with Crippen LogP contribution >= 0.6 is 11.6 Å². The first kappa shape index (κ1) is 13.4. The monoisotopic (exact) mass is 275 g/mol. The number of ether oxygens (including phenoxy) is 1. The summed E-state index contributed by atoms with van der Waals surface area (Å²) in [6, 6.07) is 13.2. The van der Waals surface area contributed by atoms with Crippen molar-refractivity contribution in [2.24, 2.45) is 5.16 Å². The van der Waals surface area contributed by atoms with Crippen LogP contribution in [0.15, 0.2) is 47.6 Å². The molecule has 0 bridgehead atoms. The van der Waals surface area contributed by atoms with Gasteiger partial charge in [0.25, 0.3) is 0 Å². The van der Waals surface area contributed by atoms with Gasteiger partial charge in [0.15, 0.2) is 0 Å². The number of hydrogen-bond acceptors (Lipinski definition) is 3. The zero-order valence-corrected chi connectivity index (χ0v) is 11.3. The SMILES string of the molecule is Cc1ccccc1COc1ccc(Cl)cc1/C=N/O. The van der Waals surface area contributed by atoms with Crippen molar-refractivity contribution in [1.29, 1.82) is 0 Å². The molecule has 4 heteroatoms. The molecule has 3 nitrogen and oxygen atoms in total. The summed E-state index contributed by atoms with van der Waals surface area (Å²) in [5.74, 6) is 0.630. The molecule has 0 heterocycles. The Balaban J connectivity index is 2.18. The van der Waals surface area contributed by atoms with Crippen molar-refractivity contribution in [3.8, 4) is 5.75 Å². The second-order valence-corrected chi connectivity index (χ2v) is 4.58. The summed E-state index contributed by atoms with van der Waals surface area (Å²) >= 11 is 5.90. The first-order valence-electron chi connectivity index (χ1n) is 5.85. The average Bonchev–Trinajstić information content (AvgIpc) is 2.40. The highest BCUT2D eigenvalue weighted by atomic mass is 35.5. The van der Waals surface area contributed by atoms with Gasteiger partial charge in [0.2, 0.25) is 0 Å². The van der Waals surface area contributed by atoms with E-state index < -0.39 is 0 Å². The third kappa shape index (κ3) is 3.48. The molecular weight excluding hydrogens is 262 g/mol. The third-order valence-electron chi connectivity index (χ3n) is 2.81. The molecule has 0 aliphatic rings. The van der Waals surface area contributed by atoms with Crippen LogP contribution in [-0.4, -0.2) is 11.4 Å². The number of halogens is 1. The van der Waals surface area contributed by atoms with E-state index in [0.29, 0.717) is 22.9 Å². The smallest absolute Gasteiger partial charge is 0.128 e. The molecule has 0 aliphatic carbocycles. The van der Waals surface area contributed by atoms with Gasteiger partial charge in [0.05, 0.1) is 6.21 Å². The lowest BCUT2D eigenvalue weighted by Crippen LogP contribution is -2.00. The Labute approximate surface area is 117 Å². The topological polar surface area (TPSA) is 41.8 Å². The fourth-order valence-electron chi connectivity index (χ4n) is 1.74. The number of nitrogens with zero attached hydrogens (tertiary/aromatic N) is 1.